The Morgan fingerprint density at radius 2 is 1.83 bits per heavy atom. The topological polar surface area (TPSA) is 60.9 Å². The van der Waals surface area contributed by atoms with Gasteiger partial charge in [0.15, 0.2) is 0 Å². The van der Waals surface area contributed by atoms with E-state index in [1.165, 1.54) is 16.9 Å². The zero-order valence-electron chi connectivity index (χ0n) is 15.7. The van der Waals surface area contributed by atoms with Crippen LogP contribution >= 0.6 is 11.3 Å². The van der Waals surface area contributed by atoms with E-state index in [0.717, 1.165) is 21.5 Å². The lowest BCUT2D eigenvalue weighted by Crippen LogP contribution is -2.21. The second-order valence-corrected chi connectivity index (χ2v) is 7.74. The van der Waals surface area contributed by atoms with Crippen molar-refractivity contribution in [2.24, 2.45) is 0 Å². The number of rotatable bonds is 4. The summed E-state index contributed by atoms with van der Waals surface area (Å²) in [5.41, 5.74) is 4.63. The van der Waals surface area contributed by atoms with Gasteiger partial charge in [-0.1, -0.05) is 48.0 Å². The Bertz CT molecular complexity index is 1350. The number of oxazole rings is 1. The van der Waals surface area contributed by atoms with Crippen molar-refractivity contribution in [2.75, 3.05) is 0 Å². The molecule has 2 aromatic carbocycles. The normalized spacial score (nSPS) is 11.2. The van der Waals surface area contributed by atoms with Gasteiger partial charge in [0.1, 0.15) is 11.1 Å². The first-order valence-electron chi connectivity index (χ1n) is 9.22. The van der Waals surface area contributed by atoms with Crippen molar-refractivity contribution in [2.45, 2.75) is 13.5 Å². The van der Waals surface area contributed by atoms with Gasteiger partial charge in [-0.2, -0.15) is 0 Å². The molecule has 0 fully saturated rings. The highest BCUT2D eigenvalue weighted by molar-refractivity contribution is 7.17. The lowest BCUT2D eigenvalue weighted by atomic mass is 10.1. The molecule has 0 aliphatic heterocycles. The molecule has 0 bridgehead atoms. The zero-order chi connectivity index (χ0) is 19.8. The van der Waals surface area contributed by atoms with Crippen LogP contribution in [0, 0.1) is 6.92 Å². The monoisotopic (exact) mass is 399 g/mol. The molecule has 0 atom stereocenters. The fourth-order valence-corrected chi connectivity index (χ4v) is 4.20. The minimum absolute atomic E-state index is 0.0731. The molecular formula is C23H17N3O2S. The van der Waals surface area contributed by atoms with Gasteiger partial charge in [-0.25, -0.2) is 9.97 Å². The van der Waals surface area contributed by atoms with Crippen LogP contribution in [0.5, 0.6) is 0 Å². The van der Waals surface area contributed by atoms with Gasteiger partial charge in [0.25, 0.3) is 5.56 Å². The molecule has 0 aliphatic carbocycles. The van der Waals surface area contributed by atoms with Crippen molar-refractivity contribution in [1.82, 2.24) is 14.5 Å². The van der Waals surface area contributed by atoms with Crippen molar-refractivity contribution < 1.29 is 4.42 Å². The number of nitrogens with zero attached hydrogens (tertiary/aromatic N) is 3. The average molecular weight is 399 g/mol. The molecular weight excluding hydrogens is 382 g/mol. The predicted octanol–water partition coefficient (Wildman–Crippen LogP) is 5.14. The standard InChI is InChI=1S/C23H17N3O2S/c1-15-7-9-16(10-8-15)19-13-29-22-20(19)23(27)26(14-24-22)11-18-12-28-21(25-18)17-5-3-2-4-6-17/h2-10,12-14H,11H2,1H3. The summed E-state index contributed by atoms with van der Waals surface area (Å²) in [6, 6.07) is 17.9. The molecule has 3 heterocycles. The van der Waals surface area contributed by atoms with Crippen molar-refractivity contribution in [3.8, 4) is 22.6 Å². The number of thiophene rings is 1. The molecule has 6 heteroatoms. The van der Waals surface area contributed by atoms with E-state index in [-0.39, 0.29) is 5.56 Å². The third-order valence-electron chi connectivity index (χ3n) is 4.83. The first-order chi connectivity index (χ1) is 14.2. The van der Waals surface area contributed by atoms with Gasteiger partial charge in [0.2, 0.25) is 5.89 Å². The Hall–Kier alpha value is -3.51. The highest BCUT2D eigenvalue weighted by Gasteiger charge is 2.14. The average Bonchev–Trinajstić information content (AvgIpc) is 3.39. The third-order valence-corrected chi connectivity index (χ3v) is 5.71. The van der Waals surface area contributed by atoms with Crippen LogP contribution in [-0.4, -0.2) is 14.5 Å². The number of fused-ring (bicyclic) bond motifs is 1. The van der Waals surface area contributed by atoms with Gasteiger partial charge in [0, 0.05) is 16.5 Å². The number of aromatic nitrogens is 3. The maximum atomic E-state index is 13.2. The Morgan fingerprint density at radius 1 is 1.03 bits per heavy atom. The van der Waals surface area contributed by atoms with Gasteiger partial charge < -0.3 is 4.42 Å². The highest BCUT2D eigenvalue weighted by atomic mass is 32.1. The minimum Gasteiger partial charge on any atom is -0.444 e. The number of hydrogen-bond acceptors (Lipinski definition) is 5. The number of benzene rings is 2. The molecule has 142 valence electrons. The summed E-state index contributed by atoms with van der Waals surface area (Å²) in [6.45, 7) is 2.35. The first-order valence-corrected chi connectivity index (χ1v) is 10.1. The number of hydrogen-bond donors (Lipinski definition) is 0. The Kier molecular flexibility index (Phi) is 4.33. The molecule has 0 N–H and O–H groups in total. The van der Waals surface area contributed by atoms with Crippen LogP contribution in [0.15, 0.2) is 81.8 Å². The molecule has 3 aromatic heterocycles. The molecule has 29 heavy (non-hydrogen) atoms. The zero-order valence-corrected chi connectivity index (χ0v) is 16.5. The number of aryl methyl sites for hydroxylation is 1. The fraction of sp³-hybridized carbons (Fsp3) is 0.0870. The summed E-state index contributed by atoms with van der Waals surface area (Å²) in [5, 5.41) is 2.64. The Morgan fingerprint density at radius 3 is 2.62 bits per heavy atom. The van der Waals surface area contributed by atoms with Crippen LogP contribution in [0.25, 0.3) is 32.8 Å². The molecule has 0 amide bonds. The molecule has 5 aromatic rings. The first kappa shape index (κ1) is 17.6. The van der Waals surface area contributed by atoms with E-state index in [2.05, 4.69) is 9.97 Å². The summed E-state index contributed by atoms with van der Waals surface area (Å²) in [6.07, 6.45) is 3.17. The van der Waals surface area contributed by atoms with Crippen molar-refractivity contribution >= 4 is 21.6 Å². The SMILES string of the molecule is Cc1ccc(-c2csc3ncn(Cc4coc(-c5ccccc5)n4)c(=O)c23)cc1. The lowest BCUT2D eigenvalue weighted by Gasteiger charge is -2.04. The van der Waals surface area contributed by atoms with Gasteiger partial charge in [-0.3, -0.25) is 9.36 Å². The molecule has 0 radical (unpaired) electrons. The molecule has 0 saturated carbocycles. The summed E-state index contributed by atoms with van der Waals surface area (Å²) < 4.78 is 7.18. The van der Waals surface area contributed by atoms with Crippen molar-refractivity contribution in [3.63, 3.8) is 0 Å². The molecule has 0 aliphatic rings. The largest absolute Gasteiger partial charge is 0.444 e. The summed E-state index contributed by atoms with van der Waals surface area (Å²) in [7, 11) is 0. The molecule has 0 unspecified atom stereocenters. The second kappa shape index (κ2) is 7.14. The van der Waals surface area contributed by atoms with Crippen LogP contribution in [0.3, 0.4) is 0 Å². The van der Waals surface area contributed by atoms with Gasteiger partial charge in [-0.15, -0.1) is 11.3 Å². The van der Waals surface area contributed by atoms with E-state index < -0.39 is 0 Å². The Labute approximate surface area is 170 Å². The van der Waals surface area contributed by atoms with Gasteiger partial charge in [0.05, 0.1) is 24.0 Å². The van der Waals surface area contributed by atoms with Crippen LogP contribution < -0.4 is 5.56 Å². The molecule has 0 spiro atoms. The van der Waals surface area contributed by atoms with Crippen LogP contribution in [0.2, 0.25) is 0 Å². The maximum Gasteiger partial charge on any atom is 0.263 e. The van der Waals surface area contributed by atoms with Crippen LogP contribution in [0.4, 0.5) is 0 Å². The van der Waals surface area contributed by atoms with E-state index in [0.29, 0.717) is 23.5 Å². The van der Waals surface area contributed by atoms with Crippen LogP contribution in [-0.2, 0) is 6.54 Å². The highest BCUT2D eigenvalue weighted by Crippen LogP contribution is 2.30. The third kappa shape index (κ3) is 3.28. The molecule has 5 nitrogen and oxygen atoms in total. The fourth-order valence-electron chi connectivity index (χ4n) is 3.29. The van der Waals surface area contributed by atoms with Crippen LogP contribution in [0.1, 0.15) is 11.3 Å². The van der Waals surface area contributed by atoms with Gasteiger partial charge >= 0.3 is 0 Å². The van der Waals surface area contributed by atoms with E-state index in [1.807, 2.05) is 66.9 Å². The summed E-state index contributed by atoms with van der Waals surface area (Å²) in [5.74, 6) is 0.540. The smallest absolute Gasteiger partial charge is 0.263 e. The quantitative estimate of drug-likeness (QED) is 0.420. The molecule has 5 rings (SSSR count). The lowest BCUT2D eigenvalue weighted by molar-refractivity contribution is 0.571. The molecule has 0 saturated heterocycles. The van der Waals surface area contributed by atoms with Gasteiger partial charge in [-0.05, 0) is 24.6 Å². The summed E-state index contributed by atoms with van der Waals surface area (Å²) >= 11 is 1.48. The minimum atomic E-state index is -0.0731. The van der Waals surface area contributed by atoms with E-state index >= 15 is 0 Å². The van der Waals surface area contributed by atoms with E-state index in [1.54, 1.807) is 17.2 Å². The summed E-state index contributed by atoms with van der Waals surface area (Å²) in [4.78, 5) is 23.0. The van der Waals surface area contributed by atoms with Crippen molar-refractivity contribution in [1.29, 1.82) is 0 Å². The Balaban J connectivity index is 1.52. The maximum absolute atomic E-state index is 13.2. The second-order valence-electron chi connectivity index (χ2n) is 6.88. The van der Waals surface area contributed by atoms with E-state index in [4.69, 9.17) is 4.42 Å². The predicted molar refractivity (Wildman–Crippen MR) is 115 cm³/mol. The van der Waals surface area contributed by atoms with E-state index in [9.17, 15) is 4.79 Å². The van der Waals surface area contributed by atoms with Crippen molar-refractivity contribution in [3.05, 3.63) is 94.2 Å².